The van der Waals surface area contributed by atoms with Crippen LogP contribution >= 0.6 is 11.8 Å². The average molecular weight is 289 g/mol. The van der Waals surface area contributed by atoms with Crippen molar-refractivity contribution >= 4 is 23.4 Å². The molecule has 0 aliphatic rings. The molecule has 0 bridgehead atoms. The number of carboxylic acids is 1. The van der Waals surface area contributed by atoms with Gasteiger partial charge >= 0.3 is 5.97 Å². The molecule has 0 aliphatic heterocycles. The maximum Gasteiger partial charge on any atom is 0.342 e. The molecule has 0 aliphatic carbocycles. The molecule has 2 aromatic rings. The van der Waals surface area contributed by atoms with E-state index in [1.165, 1.54) is 23.9 Å². The van der Waals surface area contributed by atoms with Crippen LogP contribution < -0.4 is 0 Å². The normalized spacial score (nSPS) is 10.2. The van der Waals surface area contributed by atoms with Crippen LogP contribution in [0.2, 0.25) is 0 Å². The van der Waals surface area contributed by atoms with Crippen LogP contribution in [0.5, 0.6) is 0 Å². The molecule has 0 radical (unpaired) electrons. The Balaban J connectivity index is 2.34. The predicted molar refractivity (Wildman–Crippen MR) is 75.4 cm³/mol. The van der Waals surface area contributed by atoms with Crippen LogP contribution in [0.3, 0.4) is 0 Å². The summed E-state index contributed by atoms with van der Waals surface area (Å²) >= 11 is 1.36. The van der Waals surface area contributed by atoms with Crippen LogP contribution in [0.4, 0.5) is 5.69 Å². The second-order valence-electron chi connectivity index (χ2n) is 4.16. The Morgan fingerprint density at radius 2 is 1.75 bits per heavy atom. The quantitative estimate of drug-likeness (QED) is 0.684. The zero-order valence-corrected chi connectivity index (χ0v) is 11.4. The lowest BCUT2D eigenvalue weighted by Crippen LogP contribution is -2.02. The molecular weight excluding hydrogens is 278 g/mol. The second-order valence-corrected chi connectivity index (χ2v) is 5.30. The minimum Gasteiger partial charge on any atom is -0.477 e. The molecule has 0 aromatic heterocycles. The van der Waals surface area contributed by atoms with Crippen LogP contribution in [0.25, 0.3) is 0 Å². The number of rotatable bonds is 4. The van der Waals surface area contributed by atoms with Crippen molar-refractivity contribution in [3.63, 3.8) is 0 Å². The first kappa shape index (κ1) is 14.1. The molecule has 6 heteroatoms. The first-order valence-corrected chi connectivity index (χ1v) is 6.55. The number of nitro benzene ring substituents is 1. The Labute approximate surface area is 119 Å². The Bertz CT molecular complexity index is 667. The van der Waals surface area contributed by atoms with Gasteiger partial charge in [-0.1, -0.05) is 29.5 Å². The number of aromatic carboxylic acids is 1. The summed E-state index contributed by atoms with van der Waals surface area (Å²) in [7, 11) is 0. The number of nitro groups is 1. The van der Waals surface area contributed by atoms with E-state index in [2.05, 4.69) is 0 Å². The number of aryl methyl sites for hydroxylation is 1. The zero-order valence-electron chi connectivity index (χ0n) is 10.6. The molecule has 5 nitrogen and oxygen atoms in total. The lowest BCUT2D eigenvalue weighted by atomic mass is 10.2. The minimum atomic E-state index is -1.30. The highest BCUT2D eigenvalue weighted by Gasteiger charge is 2.20. The van der Waals surface area contributed by atoms with Gasteiger partial charge in [0.05, 0.1) is 4.92 Å². The Kier molecular flexibility index (Phi) is 4.05. The van der Waals surface area contributed by atoms with Gasteiger partial charge in [-0.2, -0.15) is 0 Å². The van der Waals surface area contributed by atoms with Gasteiger partial charge in [-0.25, -0.2) is 4.79 Å². The monoisotopic (exact) mass is 289 g/mol. The number of hydrogen-bond donors (Lipinski definition) is 1. The molecule has 0 unspecified atom stereocenters. The molecule has 1 N–H and O–H groups in total. The zero-order chi connectivity index (χ0) is 14.7. The van der Waals surface area contributed by atoms with Crippen molar-refractivity contribution in [2.75, 3.05) is 0 Å². The molecule has 0 saturated heterocycles. The maximum absolute atomic E-state index is 11.1. The van der Waals surface area contributed by atoms with E-state index in [4.69, 9.17) is 5.11 Å². The van der Waals surface area contributed by atoms with Crippen molar-refractivity contribution in [1.29, 1.82) is 0 Å². The molecule has 0 saturated carbocycles. The summed E-state index contributed by atoms with van der Waals surface area (Å²) in [5.41, 5.74) is 0.433. The van der Waals surface area contributed by atoms with Crippen molar-refractivity contribution in [2.45, 2.75) is 16.7 Å². The topological polar surface area (TPSA) is 80.4 Å². The number of hydrogen-bond acceptors (Lipinski definition) is 4. The predicted octanol–water partition coefficient (Wildman–Crippen LogP) is 3.75. The van der Waals surface area contributed by atoms with E-state index in [1.54, 1.807) is 6.07 Å². The highest BCUT2D eigenvalue weighted by Crippen LogP contribution is 2.31. The largest absolute Gasteiger partial charge is 0.477 e. The van der Waals surface area contributed by atoms with Gasteiger partial charge in [0.1, 0.15) is 5.56 Å². The van der Waals surface area contributed by atoms with Gasteiger partial charge < -0.3 is 5.11 Å². The summed E-state index contributed by atoms with van der Waals surface area (Å²) in [4.78, 5) is 22.7. The van der Waals surface area contributed by atoms with Gasteiger partial charge in [0.15, 0.2) is 0 Å². The number of nitrogens with zero attached hydrogens (tertiary/aromatic N) is 1. The molecular formula is C14H11NO4S. The lowest BCUT2D eigenvalue weighted by molar-refractivity contribution is -0.385. The average Bonchev–Trinajstić information content (AvgIpc) is 2.41. The van der Waals surface area contributed by atoms with Gasteiger partial charge in [-0.05, 0) is 31.2 Å². The van der Waals surface area contributed by atoms with Crippen LogP contribution in [0.15, 0.2) is 52.3 Å². The van der Waals surface area contributed by atoms with Gasteiger partial charge in [0.2, 0.25) is 0 Å². The maximum atomic E-state index is 11.1. The first-order valence-electron chi connectivity index (χ1n) is 5.73. The van der Waals surface area contributed by atoms with Gasteiger partial charge in [-0.3, -0.25) is 10.1 Å². The van der Waals surface area contributed by atoms with Gasteiger partial charge in [-0.15, -0.1) is 0 Å². The smallest absolute Gasteiger partial charge is 0.342 e. The fourth-order valence-electron chi connectivity index (χ4n) is 1.65. The summed E-state index contributed by atoms with van der Waals surface area (Å²) in [6, 6.07) is 11.8. The van der Waals surface area contributed by atoms with Crippen molar-refractivity contribution in [2.24, 2.45) is 0 Å². The van der Waals surface area contributed by atoms with E-state index in [0.29, 0.717) is 4.90 Å². The van der Waals surface area contributed by atoms with Crippen LogP contribution in [-0.4, -0.2) is 16.0 Å². The Morgan fingerprint density at radius 1 is 1.15 bits per heavy atom. The molecule has 20 heavy (non-hydrogen) atoms. The molecule has 0 fully saturated rings. The number of carbonyl (C=O) groups is 1. The summed E-state index contributed by atoms with van der Waals surface area (Å²) < 4.78 is 0. The lowest BCUT2D eigenvalue weighted by Gasteiger charge is -2.04. The van der Waals surface area contributed by atoms with E-state index in [-0.39, 0.29) is 5.56 Å². The van der Waals surface area contributed by atoms with Crippen molar-refractivity contribution in [3.05, 3.63) is 63.7 Å². The minimum absolute atomic E-state index is 0.299. The molecule has 0 amide bonds. The molecule has 102 valence electrons. The van der Waals surface area contributed by atoms with Crippen LogP contribution in [0, 0.1) is 17.0 Å². The van der Waals surface area contributed by atoms with E-state index >= 15 is 0 Å². The second kappa shape index (κ2) is 5.75. The van der Waals surface area contributed by atoms with E-state index < -0.39 is 16.6 Å². The fourth-order valence-corrected chi connectivity index (χ4v) is 2.51. The highest BCUT2D eigenvalue weighted by atomic mass is 32.2. The third kappa shape index (κ3) is 3.16. The molecule has 2 rings (SSSR count). The molecule has 2 aromatic carbocycles. The van der Waals surface area contributed by atoms with E-state index in [9.17, 15) is 14.9 Å². The summed E-state index contributed by atoms with van der Waals surface area (Å²) in [5, 5.41) is 19.8. The fraction of sp³-hybridized carbons (Fsp3) is 0.0714. The van der Waals surface area contributed by atoms with Gasteiger partial charge in [0.25, 0.3) is 5.69 Å². The third-order valence-electron chi connectivity index (χ3n) is 2.65. The van der Waals surface area contributed by atoms with Crippen LogP contribution in [-0.2, 0) is 0 Å². The number of carboxylic acid groups (broad SMARTS) is 1. The SMILES string of the molecule is Cc1ccc(Sc2ccc([N+](=O)[O-])c(C(=O)O)c2)cc1. The van der Waals surface area contributed by atoms with Crippen molar-refractivity contribution in [3.8, 4) is 0 Å². The van der Waals surface area contributed by atoms with Crippen molar-refractivity contribution in [1.82, 2.24) is 0 Å². The number of benzene rings is 2. The molecule has 0 atom stereocenters. The highest BCUT2D eigenvalue weighted by molar-refractivity contribution is 7.99. The first-order chi connectivity index (χ1) is 9.47. The summed E-state index contributed by atoms with van der Waals surface area (Å²) in [6.07, 6.45) is 0. The molecule has 0 spiro atoms. The third-order valence-corrected chi connectivity index (χ3v) is 3.65. The van der Waals surface area contributed by atoms with Gasteiger partial charge in [0, 0.05) is 15.9 Å². The van der Waals surface area contributed by atoms with E-state index in [1.807, 2.05) is 31.2 Å². The standard InChI is InChI=1S/C14H11NO4S/c1-9-2-4-10(5-3-9)20-11-6-7-13(15(18)19)12(8-11)14(16)17/h2-8H,1H3,(H,16,17). The van der Waals surface area contributed by atoms with Crippen LogP contribution in [0.1, 0.15) is 15.9 Å². The summed E-state index contributed by atoms with van der Waals surface area (Å²) in [5.74, 6) is -1.30. The Hall–Kier alpha value is -2.34. The molecule has 0 heterocycles. The summed E-state index contributed by atoms with van der Waals surface area (Å²) in [6.45, 7) is 1.98. The van der Waals surface area contributed by atoms with Crippen molar-refractivity contribution < 1.29 is 14.8 Å². The Morgan fingerprint density at radius 3 is 2.30 bits per heavy atom. The van der Waals surface area contributed by atoms with E-state index in [0.717, 1.165) is 10.5 Å².